The molecule has 0 amide bonds. The smallest absolute Gasteiger partial charge is 0.165 e. The minimum absolute atomic E-state index is 0.107. The Morgan fingerprint density at radius 2 is 2.10 bits per heavy atom. The van der Waals surface area contributed by atoms with E-state index in [1.54, 1.807) is 6.07 Å². The third kappa shape index (κ3) is 2.86. The fourth-order valence-corrected chi connectivity index (χ4v) is 3.84. The topological polar surface area (TPSA) is 18.5 Å². The number of rotatable bonds is 4. The maximum atomic E-state index is 13.8. The fourth-order valence-electron chi connectivity index (χ4n) is 3.40. The molecule has 3 rings (SSSR count). The Balaban J connectivity index is 1.60. The number of alkyl halides is 1. The van der Waals surface area contributed by atoms with Gasteiger partial charge in [-0.05, 0) is 31.7 Å². The molecule has 1 saturated heterocycles. The standard InChI is InChI=1S/C16H20BrFO2/c17-10-12-4-3-5-14(18)15(12)19-11-13-6-9-16(20-13)7-1-2-8-16/h3-5,13H,1-2,6-11H2. The van der Waals surface area contributed by atoms with Gasteiger partial charge in [0.05, 0.1) is 11.7 Å². The van der Waals surface area contributed by atoms with E-state index in [1.807, 2.05) is 6.07 Å². The minimum Gasteiger partial charge on any atom is -0.487 e. The number of para-hydroxylation sites is 1. The first-order chi connectivity index (χ1) is 9.72. The molecule has 1 atom stereocenters. The number of ether oxygens (including phenoxy) is 2. The second-order valence-electron chi connectivity index (χ2n) is 5.84. The van der Waals surface area contributed by atoms with E-state index in [0.717, 1.165) is 18.4 Å². The van der Waals surface area contributed by atoms with Crippen molar-refractivity contribution in [3.05, 3.63) is 29.6 Å². The highest BCUT2D eigenvalue weighted by Crippen LogP contribution is 2.43. The van der Waals surface area contributed by atoms with Crippen molar-refractivity contribution >= 4 is 15.9 Å². The third-order valence-corrected chi connectivity index (χ3v) is 5.06. The highest BCUT2D eigenvalue weighted by atomic mass is 79.9. The van der Waals surface area contributed by atoms with Crippen LogP contribution in [0.1, 0.15) is 44.1 Å². The molecule has 0 bridgehead atoms. The predicted octanol–water partition coefficient (Wildman–Crippen LogP) is 4.59. The van der Waals surface area contributed by atoms with E-state index in [1.165, 1.54) is 31.7 Å². The lowest BCUT2D eigenvalue weighted by atomic mass is 9.98. The molecule has 2 nitrogen and oxygen atoms in total. The quantitative estimate of drug-likeness (QED) is 0.745. The van der Waals surface area contributed by atoms with Gasteiger partial charge < -0.3 is 9.47 Å². The summed E-state index contributed by atoms with van der Waals surface area (Å²) in [5.74, 6) is 0.0656. The molecule has 110 valence electrons. The summed E-state index contributed by atoms with van der Waals surface area (Å²) in [5, 5.41) is 0.593. The van der Waals surface area contributed by atoms with Crippen LogP contribution in [0.4, 0.5) is 4.39 Å². The largest absolute Gasteiger partial charge is 0.487 e. The van der Waals surface area contributed by atoms with Gasteiger partial charge in [0.1, 0.15) is 6.61 Å². The number of halogens is 2. The van der Waals surface area contributed by atoms with Gasteiger partial charge in [0, 0.05) is 10.9 Å². The molecule has 4 heteroatoms. The molecule has 1 heterocycles. The van der Waals surface area contributed by atoms with E-state index in [9.17, 15) is 4.39 Å². The lowest BCUT2D eigenvalue weighted by Gasteiger charge is -2.24. The van der Waals surface area contributed by atoms with Crippen LogP contribution in [0.15, 0.2) is 18.2 Å². The Morgan fingerprint density at radius 3 is 2.85 bits per heavy atom. The molecule has 1 spiro atoms. The van der Waals surface area contributed by atoms with Gasteiger partial charge in [-0.1, -0.05) is 40.9 Å². The summed E-state index contributed by atoms with van der Waals surface area (Å²) < 4.78 is 25.7. The predicted molar refractivity (Wildman–Crippen MR) is 79.8 cm³/mol. The SMILES string of the molecule is Fc1cccc(CBr)c1OCC1CCC2(CCCC2)O1. The second kappa shape index (κ2) is 6.02. The molecule has 1 unspecified atom stereocenters. The summed E-state index contributed by atoms with van der Waals surface area (Å²) in [6.45, 7) is 0.447. The molecule has 0 aromatic heterocycles. The Bertz CT molecular complexity index is 472. The van der Waals surface area contributed by atoms with Gasteiger partial charge in [0.15, 0.2) is 11.6 Å². The van der Waals surface area contributed by atoms with Crippen molar-refractivity contribution in [1.82, 2.24) is 0 Å². The lowest BCUT2D eigenvalue weighted by Crippen LogP contribution is -2.27. The van der Waals surface area contributed by atoms with Crippen LogP contribution in [0.3, 0.4) is 0 Å². The van der Waals surface area contributed by atoms with Crippen molar-refractivity contribution in [3.8, 4) is 5.75 Å². The molecule has 2 aliphatic rings. The third-order valence-electron chi connectivity index (χ3n) is 4.46. The van der Waals surface area contributed by atoms with E-state index in [-0.39, 0.29) is 17.5 Å². The molecule has 1 saturated carbocycles. The number of benzene rings is 1. The average Bonchev–Trinajstić information content (AvgIpc) is 3.08. The van der Waals surface area contributed by atoms with Gasteiger partial charge >= 0.3 is 0 Å². The first-order valence-corrected chi connectivity index (χ1v) is 8.49. The molecule has 1 aromatic rings. The van der Waals surface area contributed by atoms with Crippen molar-refractivity contribution in [1.29, 1.82) is 0 Å². The van der Waals surface area contributed by atoms with Crippen molar-refractivity contribution in [2.45, 2.75) is 55.6 Å². The summed E-state index contributed by atoms with van der Waals surface area (Å²) >= 11 is 3.37. The number of hydrogen-bond donors (Lipinski definition) is 0. The Kier molecular flexibility index (Phi) is 4.32. The van der Waals surface area contributed by atoms with Crippen molar-refractivity contribution in [3.63, 3.8) is 0 Å². The normalized spacial score (nSPS) is 24.4. The number of hydrogen-bond acceptors (Lipinski definition) is 2. The van der Waals surface area contributed by atoms with Gasteiger partial charge in [0.2, 0.25) is 0 Å². The summed E-state index contributed by atoms with van der Waals surface area (Å²) in [4.78, 5) is 0. The zero-order valence-electron chi connectivity index (χ0n) is 11.5. The van der Waals surface area contributed by atoms with Crippen LogP contribution in [-0.4, -0.2) is 18.3 Å². The molecule has 2 fully saturated rings. The Hall–Kier alpha value is -0.610. The van der Waals surface area contributed by atoms with Gasteiger partial charge in [-0.2, -0.15) is 0 Å². The van der Waals surface area contributed by atoms with Crippen LogP contribution in [0.5, 0.6) is 5.75 Å². The fraction of sp³-hybridized carbons (Fsp3) is 0.625. The molecule has 20 heavy (non-hydrogen) atoms. The van der Waals surface area contributed by atoms with E-state index >= 15 is 0 Å². The molecule has 0 N–H and O–H groups in total. The monoisotopic (exact) mass is 342 g/mol. The zero-order chi connectivity index (χ0) is 14.0. The van der Waals surface area contributed by atoms with Crippen LogP contribution in [0.25, 0.3) is 0 Å². The zero-order valence-corrected chi connectivity index (χ0v) is 13.1. The van der Waals surface area contributed by atoms with Crippen molar-refractivity contribution < 1.29 is 13.9 Å². The maximum Gasteiger partial charge on any atom is 0.165 e. The van der Waals surface area contributed by atoms with E-state index in [4.69, 9.17) is 9.47 Å². The highest BCUT2D eigenvalue weighted by molar-refractivity contribution is 9.08. The molecule has 1 aliphatic heterocycles. The molecular weight excluding hydrogens is 323 g/mol. The summed E-state index contributed by atoms with van der Waals surface area (Å²) in [6, 6.07) is 5.02. The maximum absolute atomic E-state index is 13.8. The lowest BCUT2D eigenvalue weighted by molar-refractivity contribution is -0.0512. The highest BCUT2D eigenvalue weighted by Gasteiger charge is 2.42. The summed E-state index contributed by atoms with van der Waals surface area (Å²) in [5.41, 5.74) is 0.959. The van der Waals surface area contributed by atoms with Crippen LogP contribution in [-0.2, 0) is 10.1 Å². The van der Waals surface area contributed by atoms with E-state index < -0.39 is 0 Å². The van der Waals surface area contributed by atoms with Crippen LogP contribution in [0.2, 0.25) is 0 Å². The molecule has 1 aromatic carbocycles. The molecule has 1 aliphatic carbocycles. The average molecular weight is 343 g/mol. The Labute approximate surface area is 127 Å². The molecule has 0 radical (unpaired) electrons. The molecular formula is C16H20BrFO2. The van der Waals surface area contributed by atoms with Gasteiger partial charge in [-0.15, -0.1) is 0 Å². The van der Waals surface area contributed by atoms with Gasteiger partial charge in [0.25, 0.3) is 0 Å². The van der Waals surface area contributed by atoms with Crippen LogP contribution in [0, 0.1) is 5.82 Å². The van der Waals surface area contributed by atoms with Crippen LogP contribution >= 0.6 is 15.9 Å². The van der Waals surface area contributed by atoms with E-state index in [2.05, 4.69) is 15.9 Å². The minimum atomic E-state index is -0.296. The van der Waals surface area contributed by atoms with E-state index in [0.29, 0.717) is 17.7 Å². The summed E-state index contributed by atoms with van der Waals surface area (Å²) in [6.07, 6.45) is 7.16. The first kappa shape index (κ1) is 14.3. The Morgan fingerprint density at radius 1 is 1.30 bits per heavy atom. The van der Waals surface area contributed by atoms with Gasteiger partial charge in [-0.3, -0.25) is 0 Å². The van der Waals surface area contributed by atoms with Crippen LogP contribution < -0.4 is 4.74 Å². The second-order valence-corrected chi connectivity index (χ2v) is 6.40. The summed E-state index contributed by atoms with van der Waals surface area (Å²) in [7, 11) is 0. The van der Waals surface area contributed by atoms with Crippen molar-refractivity contribution in [2.24, 2.45) is 0 Å². The first-order valence-electron chi connectivity index (χ1n) is 7.36. The van der Waals surface area contributed by atoms with Gasteiger partial charge in [-0.25, -0.2) is 4.39 Å². The van der Waals surface area contributed by atoms with Crippen molar-refractivity contribution in [2.75, 3.05) is 6.61 Å².